The minimum atomic E-state index is -0.174. The largest absolute Gasteiger partial charge is 0.465 e. The first-order valence-electron chi connectivity index (χ1n) is 12.7. The highest BCUT2D eigenvalue weighted by atomic mass is 32.1. The van der Waals surface area contributed by atoms with Crippen LogP contribution in [0.25, 0.3) is 19.5 Å². The Balaban J connectivity index is 1.01. The van der Waals surface area contributed by atoms with E-state index in [0.717, 1.165) is 22.4 Å². The van der Waals surface area contributed by atoms with Gasteiger partial charge in [-0.3, -0.25) is 9.59 Å². The first-order chi connectivity index (χ1) is 18.1. The van der Waals surface area contributed by atoms with Gasteiger partial charge in [0.05, 0.1) is 26.1 Å². The summed E-state index contributed by atoms with van der Waals surface area (Å²) < 4.78 is 11.6. The van der Waals surface area contributed by atoms with Crippen molar-refractivity contribution >= 4 is 57.3 Å². The predicted molar refractivity (Wildman–Crippen MR) is 152 cm³/mol. The fraction of sp³-hybridized carbons (Fsp3) is 0.379. The average Bonchev–Trinajstić information content (AvgIpc) is 3.73. The fourth-order valence-corrected chi connectivity index (χ4v) is 9.56. The molecule has 4 atom stereocenters. The topological polar surface area (TPSA) is 52.6 Å². The minimum absolute atomic E-state index is 0.172. The van der Waals surface area contributed by atoms with Crippen molar-refractivity contribution in [1.29, 1.82) is 0 Å². The molecule has 2 aliphatic carbocycles. The molecule has 37 heavy (non-hydrogen) atoms. The zero-order valence-corrected chi connectivity index (χ0v) is 23.6. The molecular formula is C29H28O4S4. The van der Waals surface area contributed by atoms with Crippen molar-refractivity contribution in [3.8, 4) is 19.5 Å². The SMILES string of the molecule is O=C(Cc1csc(-c2cccs2)c1)OCC1C2CCC(C2)C1COC(=O)Cc1ccsc1-c1cccs1. The lowest BCUT2D eigenvalue weighted by Gasteiger charge is -2.30. The summed E-state index contributed by atoms with van der Waals surface area (Å²) >= 11 is 6.74. The van der Waals surface area contributed by atoms with Crippen molar-refractivity contribution in [3.63, 3.8) is 0 Å². The van der Waals surface area contributed by atoms with Crippen molar-refractivity contribution < 1.29 is 19.1 Å². The van der Waals surface area contributed by atoms with Crippen molar-refractivity contribution in [2.45, 2.75) is 32.1 Å². The van der Waals surface area contributed by atoms with Gasteiger partial charge in [0.2, 0.25) is 0 Å². The summed E-state index contributed by atoms with van der Waals surface area (Å²) in [6.07, 6.45) is 4.13. The number of thiophene rings is 4. The van der Waals surface area contributed by atoms with Crippen LogP contribution in [0, 0.1) is 23.7 Å². The van der Waals surface area contributed by atoms with Crippen LogP contribution in [0.4, 0.5) is 0 Å². The molecule has 0 spiro atoms. The smallest absolute Gasteiger partial charge is 0.310 e. The van der Waals surface area contributed by atoms with Crippen LogP contribution in [0.2, 0.25) is 0 Å². The van der Waals surface area contributed by atoms with Gasteiger partial charge in [-0.2, -0.15) is 0 Å². The fourth-order valence-electron chi connectivity index (χ4n) is 5.97. The second kappa shape index (κ2) is 11.2. The van der Waals surface area contributed by atoms with Gasteiger partial charge in [0.25, 0.3) is 0 Å². The summed E-state index contributed by atoms with van der Waals surface area (Å²) in [5.41, 5.74) is 2.04. The standard InChI is InChI=1S/C29H28O4S4/c30-27(12-18-11-26(37-17-18)24-3-1-8-34-24)32-15-22-19-5-6-20(13-19)23(22)16-33-28(31)14-21-7-10-36-29(21)25-4-2-9-35-25/h1-4,7-11,17,19-20,22-23H,5-6,12-16H2. The van der Waals surface area contributed by atoms with Crippen LogP contribution in [-0.2, 0) is 31.9 Å². The lowest BCUT2D eigenvalue weighted by molar-refractivity contribution is -0.150. The Morgan fingerprint density at radius 2 is 1.43 bits per heavy atom. The summed E-state index contributed by atoms with van der Waals surface area (Å²) in [5, 5.41) is 8.21. The molecule has 0 radical (unpaired) electrons. The molecule has 0 aliphatic heterocycles. The van der Waals surface area contributed by atoms with E-state index in [1.54, 1.807) is 45.3 Å². The van der Waals surface area contributed by atoms with Gasteiger partial charge in [0.15, 0.2) is 0 Å². The zero-order valence-electron chi connectivity index (χ0n) is 20.3. The molecule has 8 heteroatoms. The van der Waals surface area contributed by atoms with E-state index in [0.29, 0.717) is 37.9 Å². The molecule has 192 valence electrons. The third-order valence-electron chi connectivity index (χ3n) is 7.74. The maximum atomic E-state index is 12.8. The van der Waals surface area contributed by atoms with Gasteiger partial charge in [0, 0.05) is 31.3 Å². The Bertz CT molecular complexity index is 1330. The quantitative estimate of drug-likeness (QED) is 0.183. The van der Waals surface area contributed by atoms with Crippen LogP contribution in [0.5, 0.6) is 0 Å². The maximum Gasteiger partial charge on any atom is 0.310 e. The second-order valence-electron chi connectivity index (χ2n) is 9.93. The van der Waals surface area contributed by atoms with Gasteiger partial charge in [-0.05, 0) is 88.0 Å². The van der Waals surface area contributed by atoms with Gasteiger partial charge in [-0.15, -0.1) is 45.3 Å². The summed E-state index contributed by atoms with van der Waals surface area (Å²) in [7, 11) is 0. The highest BCUT2D eigenvalue weighted by Crippen LogP contribution is 2.52. The van der Waals surface area contributed by atoms with Crippen LogP contribution >= 0.6 is 45.3 Å². The Labute approximate surface area is 232 Å². The molecule has 2 aliphatic rings. The molecule has 4 nitrogen and oxygen atoms in total. The number of hydrogen-bond acceptors (Lipinski definition) is 8. The van der Waals surface area contributed by atoms with Crippen LogP contribution in [0.3, 0.4) is 0 Å². The number of fused-ring (bicyclic) bond motifs is 2. The summed E-state index contributed by atoms with van der Waals surface area (Å²) in [5.74, 6) is 1.34. The van der Waals surface area contributed by atoms with Gasteiger partial charge in [-0.1, -0.05) is 12.1 Å². The van der Waals surface area contributed by atoms with Crippen LogP contribution < -0.4 is 0 Å². The normalized spacial score (nSPS) is 22.4. The Morgan fingerprint density at radius 3 is 2.11 bits per heavy atom. The predicted octanol–water partition coefficient (Wildman–Crippen LogP) is 7.80. The molecule has 4 aromatic heterocycles. The maximum absolute atomic E-state index is 12.8. The van der Waals surface area contributed by atoms with Crippen molar-refractivity contribution in [2.24, 2.45) is 23.7 Å². The van der Waals surface area contributed by atoms with E-state index in [2.05, 4.69) is 29.0 Å². The monoisotopic (exact) mass is 568 g/mol. The highest BCUT2D eigenvalue weighted by Gasteiger charge is 2.48. The Morgan fingerprint density at radius 1 is 0.757 bits per heavy atom. The molecule has 0 N–H and O–H groups in total. The minimum Gasteiger partial charge on any atom is -0.465 e. The highest BCUT2D eigenvalue weighted by molar-refractivity contribution is 7.21. The molecule has 4 aromatic rings. The number of esters is 2. The summed E-state index contributed by atoms with van der Waals surface area (Å²) in [4.78, 5) is 30.2. The van der Waals surface area contributed by atoms with Gasteiger partial charge >= 0.3 is 11.9 Å². The zero-order chi connectivity index (χ0) is 25.2. The van der Waals surface area contributed by atoms with Crippen molar-refractivity contribution in [2.75, 3.05) is 13.2 Å². The Hall–Kier alpha value is -2.26. The molecule has 2 fully saturated rings. The number of carbonyl (C=O) groups is 2. The number of rotatable bonds is 10. The lowest BCUT2D eigenvalue weighted by Crippen LogP contribution is -2.32. The third-order valence-corrected chi connectivity index (χ3v) is 11.8. The van der Waals surface area contributed by atoms with E-state index in [1.807, 2.05) is 29.0 Å². The third kappa shape index (κ3) is 5.62. The molecular weight excluding hydrogens is 541 g/mol. The van der Waals surface area contributed by atoms with Gasteiger partial charge < -0.3 is 9.47 Å². The van der Waals surface area contributed by atoms with E-state index in [9.17, 15) is 9.59 Å². The van der Waals surface area contributed by atoms with E-state index in [4.69, 9.17) is 9.47 Å². The van der Waals surface area contributed by atoms with Crippen LogP contribution in [-0.4, -0.2) is 25.2 Å². The number of hydrogen-bond donors (Lipinski definition) is 0. The molecule has 2 saturated carbocycles. The molecule has 2 bridgehead atoms. The van der Waals surface area contributed by atoms with Gasteiger partial charge in [0.1, 0.15) is 0 Å². The molecule has 4 unspecified atom stereocenters. The molecule has 0 aromatic carbocycles. The average molecular weight is 569 g/mol. The van der Waals surface area contributed by atoms with Gasteiger partial charge in [-0.25, -0.2) is 0 Å². The molecule has 4 heterocycles. The first-order valence-corrected chi connectivity index (χ1v) is 16.2. The molecule has 6 rings (SSSR count). The molecule has 0 saturated heterocycles. The summed E-state index contributed by atoms with van der Waals surface area (Å²) in [6, 6.07) is 12.4. The Kier molecular flexibility index (Phi) is 7.60. The van der Waals surface area contributed by atoms with E-state index in [-0.39, 0.29) is 23.8 Å². The lowest BCUT2D eigenvalue weighted by atomic mass is 9.80. The number of carbonyl (C=O) groups excluding carboxylic acids is 2. The number of ether oxygens (including phenoxy) is 2. The summed E-state index contributed by atoms with van der Waals surface area (Å²) in [6.45, 7) is 0.854. The second-order valence-corrected chi connectivity index (χ2v) is 13.7. The van der Waals surface area contributed by atoms with Crippen LogP contribution in [0.15, 0.2) is 57.9 Å². The van der Waals surface area contributed by atoms with Crippen LogP contribution in [0.1, 0.15) is 30.4 Å². The van der Waals surface area contributed by atoms with E-state index in [1.165, 1.54) is 27.5 Å². The van der Waals surface area contributed by atoms with E-state index >= 15 is 0 Å². The van der Waals surface area contributed by atoms with Crippen molar-refractivity contribution in [1.82, 2.24) is 0 Å². The molecule has 0 amide bonds. The van der Waals surface area contributed by atoms with Crippen molar-refractivity contribution in [3.05, 3.63) is 69.0 Å². The first kappa shape index (κ1) is 25.0. The van der Waals surface area contributed by atoms with E-state index < -0.39 is 0 Å².